The predicted octanol–water partition coefficient (Wildman–Crippen LogP) is 2.66. The molecular formula is C14H17F2NO2. The molecule has 3 nitrogen and oxygen atoms in total. The minimum absolute atomic E-state index is 0.176. The summed E-state index contributed by atoms with van der Waals surface area (Å²) in [4.78, 5) is 13.8. The molecule has 0 radical (unpaired) electrons. The average Bonchev–Trinajstić information content (AvgIpc) is 2.42. The average molecular weight is 269 g/mol. The Kier molecular flexibility index (Phi) is 4.47. The third kappa shape index (κ3) is 3.10. The molecule has 0 spiro atoms. The summed E-state index contributed by atoms with van der Waals surface area (Å²) < 4.78 is 31.6. The van der Waals surface area contributed by atoms with E-state index in [0.717, 1.165) is 44.5 Å². The van der Waals surface area contributed by atoms with Crippen molar-refractivity contribution in [2.24, 2.45) is 0 Å². The van der Waals surface area contributed by atoms with E-state index in [1.165, 1.54) is 13.2 Å². The van der Waals surface area contributed by atoms with E-state index in [0.29, 0.717) is 0 Å². The highest BCUT2D eigenvalue weighted by atomic mass is 19.1. The zero-order valence-electron chi connectivity index (χ0n) is 10.9. The summed E-state index contributed by atoms with van der Waals surface area (Å²) >= 11 is 0. The lowest BCUT2D eigenvalue weighted by Crippen LogP contribution is -2.38. The number of hydrogen-bond donors (Lipinski definition) is 0. The molecule has 0 N–H and O–H groups in total. The second-order valence-electron chi connectivity index (χ2n) is 4.69. The Morgan fingerprint density at radius 3 is 2.53 bits per heavy atom. The maximum atomic E-state index is 13.9. The predicted molar refractivity (Wildman–Crippen MR) is 66.5 cm³/mol. The minimum atomic E-state index is -0.786. The highest BCUT2D eigenvalue weighted by Crippen LogP contribution is 2.28. The molecule has 0 aromatic heterocycles. The van der Waals surface area contributed by atoms with Crippen molar-refractivity contribution in [1.29, 1.82) is 0 Å². The van der Waals surface area contributed by atoms with Gasteiger partial charge in [-0.25, -0.2) is 13.6 Å². The summed E-state index contributed by atoms with van der Waals surface area (Å²) in [7, 11) is 1.28. The van der Waals surface area contributed by atoms with Gasteiger partial charge in [0, 0.05) is 11.6 Å². The quantitative estimate of drug-likeness (QED) is 0.790. The lowest BCUT2D eigenvalue weighted by Gasteiger charge is -2.33. The molecule has 1 aromatic rings. The molecule has 1 atom stereocenters. The van der Waals surface area contributed by atoms with Gasteiger partial charge in [0.25, 0.3) is 0 Å². The van der Waals surface area contributed by atoms with Crippen LogP contribution in [0.15, 0.2) is 18.2 Å². The molecular weight excluding hydrogens is 252 g/mol. The molecule has 1 aliphatic heterocycles. The van der Waals surface area contributed by atoms with E-state index in [9.17, 15) is 13.6 Å². The fourth-order valence-corrected chi connectivity index (χ4v) is 2.48. The molecule has 0 saturated carbocycles. The van der Waals surface area contributed by atoms with Gasteiger partial charge in [-0.2, -0.15) is 0 Å². The van der Waals surface area contributed by atoms with Gasteiger partial charge in [-0.15, -0.1) is 0 Å². The van der Waals surface area contributed by atoms with Gasteiger partial charge < -0.3 is 4.74 Å². The van der Waals surface area contributed by atoms with Crippen LogP contribution < -0.4 is 0 Å². The number of nitrogens with zero attached hydrogens (tertiary/aromatic N) is 1. The van der Waals surface area contributed by atoms with Gasteiger partial charge in [0.15, 0.2) is 0 Å². The molecule has 1 heterocycles. The normalized spacial score (nSPS) is 18.1. The van der Waals surface area contributed by atoms with Crippen molar-refractivity contribution in [2.45, 2.75) is 25.3 Å². The number of esters is 1. The van der Waals surface area contributed by atoms with Crippen LogP contribution in [0, 0.1) is 11.6 Å². The van der Waals surface area contributed by atoms with E-state index in [-0.39, 0.29) is 5.56 Å². The zero-order chi connectivity index (χ0) is 13.8. The first-order valence-corrected chi connectivity index (χ1v) is 6.40. The van der Waals surface area contributed by atoms with E-state index in [4.69, 9.17) is 4.74 Å². The molecule has 1 aromatic carbocycles. The van der Waals surface area contributed by atoms with Crippen molar-refractivity contribution in [3.63, 3.8) is 0 Å². The third-order valence-electron chi connectivity index (χ3n) is 3.44. The smallest absolute Gasteiger partial charge is 0.327 e. The van der Waals surface area contributed by atoms with Crippen LogP contribution >= 0.6 is 0 Å². The number of halogens is 2. The summed E-state index contributed by atoms with van der Waals surface area (Å²) in [5.41, 5.74) is 0.176. The summed E-state index contributed by atoms with van der Waals surface area (Å²) in [6, 6.07) is 2.50. The van der Waals surface area contributed by atoms with Crippen molar-refractivity contribution in [1.82, 2.24) is 4.90 Å². The van der Waals surface area contributed by atoms with E-state index in [2.05, 4.69) is 0 Å². The zero-order valence-corrected chi connectivity index (χ0v) is 10.9. The van der Waals surface area contributed by atoms with Crippen molar-refractivity contribution in [3.05, 3.63) is 35.4 Å². The van der Waals surface area contributed by atoms with Crippen LogP contribution in [-0.4, -0.2) is 31.1 Å². The fourth-order valence-electron chi connectivity index (χ4n) is 2.48. The Morgan fingerprint density at radius 1 is 1.26 bits per heavy atom. The van der Waals surface area contributed by atoms with Gasteiger partial charge >= 0.3 is 5.97 Å². The Morgan fingerprint density at radius 2 is 1.95 bits per heavy atom. The number of piperidine rings is 1. The van der Waals surface area contributed by atoms with E-state index in [1.54, 1.807) is 0 Å². The minimum Gasteiger partial charge on any atom is -0.468 e. The maximum Gasteiger partial charge on any atom is 0.327 e. The largest absolute Gasteiger partial charge is 0.468 e. The van der Waals surface area contributed by atoms with Crippen molar-refractivity contribution >= 4 is 5.97 Å². The first kappa shape index (κ1) is 13.9. The topological polar surface area (TPSA) is 29.5 Å². The first-order valence-electron chi connectivity index (χ1n) is 6.40. The molecule has 1 fully saturated rings. The Hall–Kier alpha value is -1.49. The van der Waals surface area contributed by atoms with E-state index < -0.39 is 23.6 Å². The Labute approximate surface area is 111 Å². The van der Waals surface area contributed by atoms with Gasteiger partial charge in [0.1, 0.15) is 17.7 Å². The molecule has 19 heavy (non-hydrogen) atoms. The molecule has 104 valence electrons. The molecule has 1 aliphatic rings. The number of rotatable bonds is 3. The molecule has 0 aliphatic carbocycles. The van der Waals surface area contributed by atoms with Gasteiger partial charge in [-0.05, 0) is 32.0 Å². The number of ether oxygens (including phenoxy) is 1. The van der Waals surface area contributed by atoms with Crippen LogP contribution in [0.1, 0.15) is 30.9 Å². The highest BCUT2D eigenvalue weighted by molar-refractivity contribution is 5.77. The van der Waals surface area contributed by atoms with Gasteiger partial charge in [-0.1, -0.05) is 12.5 Å². The number of hydrogen-bond acceptors (Lipinski definition) is 3. The maximum absolute atomic E-state index is 13.9. The number of benzene rings is 1. The molecule has 2 rings (SSSR count). The second-order valence-corrected chi connectivity index (χ2v) is 4.69. The van der Waals surface area contributed by atoms with Gasteiger partial charge in [-0.3, -0.25) is 4.90 Å². The van der Waals surface area contributed by atoms with Crippen LogP contribution in [-0.2, 0) is 9.53 Å². The number of carbonyl (C=O) groups is 1. The number of methoxy groups -OCH3 is 1. The van der Waals surface area contributed by atoms with Crippen molar-refractivity contribution in [2.75, 3.05) is 20.2 Å². The lowest BCUT2D eigenvalue weighted by molar-refractivity contribution is -0.147. The van der Waals surface area contributed by atoms with Crippen molar-refractivity contribution < 1.29 is 18.3 Å². The monoisotopic (exact) mass is 269 g/mol. The van der Waals surface area contributed by atoms with Crippen molar-refractivity contribution in [3.8, 4) is 0 Å². The first-order chi connectivity index (χ1) is 9.13. The molecule has 0 amide bonds. The van der Waals surface area contributed by atoms with Crippen LogP contribution in [0.5, 0.6) is 0 Å². The number of likely N-dealkylation sites (tertiary alicyclic amines) is 1. The summed E-state index contributed by atoms with van der Waals surface area (Å²) in [6.07, 6.45) is 3.04. The van der Waals surface area contributed by atoms with Crippen LogP contribution in [0.4, 0.5) is 8.78 Å². The summed E-state index contributed by atoms with van der Waals surface area (Å²) in [6.45, 7) is 1.44. The summed E-state index contributed by atoms with van der Waals surface area (Å²) in [5.74, 6) is -1.86. The SMILES string of the molecule is COC(=O)C(c1ccc(F)cc1F)N1CCCCC1. The van der Waals surface area contributed by atoms with Gasteiger partial charge in [0.05, 0.1) is 7.11 Å². The van der Waals surface area contributed by atoms with Crippen LogP contribution in [0.3, 0.4) is 0 Å². The standard InChI is InChI=1S/C14H17F2NO2/c1-19-14(18)13(17-7-3-2-4-8-17)11-6-5-10(15)9-12(11)16/h5-6,9,13H,2-4,7-8H2,1H3. The molecule has 5 heteroatoms. The number of carbonyl (C=O) groups excluding carboxylic acids is 1. The van der Waals surface area contributed by atoms with E-state index >= 15 is 0 Å². The molecule has 0 bridgehead atoms. The Balaban J connectivity index is 2.33. The van der Waals surface area contributed by atoms with E-state index in [1.807, 2.05) is 4.90 Å². The highest BCUT2D eigenvalue weighted by Gasteiger charge is 2.31. The fraction of sp³-hybridized carbons (Fsp3) is 0.500. The molecule has 1 saturated heterocycles. The van der Waals surface area contributed by atoms with Gasteiger partial charge in [0.2, 0.25) is 0 Å². The lowest BCUT2D eigenvalue weighted by atomic mass is 10.0. The third-order valence-corrected chi connectivity index (χ3v) is 3.44. The van der Waals surface area contributed by atoms with Crippen LogP contribution in [0.25, 0.3) is 0 Å². The molecule has 1 unspecified atom stereocenters. The second kappa shape index (κ2) is 6.10. The summed E-state index contributed by atoms with van der Waals surface area (Å²) in [5, 5.41) is 0. The Bertz CT molecular complexity index is 459. The van der Waals surface area contributed by atoms with Crippen LogP contribution in [0.2, 0.25) is 0 Å².